The molecule has 0 saturated heterocycles. The van der Waals surface area contributed by atoms with Gasteiger partial charge in [0.2, 0.25) is 0 Å². The molecule has 0 radical (unpaired) electrons. The van der Waals surface area contributed by atoms with E-state index < -0.39 is 11.6 Å². The van der Waals surface area contributed by atoms with E-state index in [4.69, 9.17) is 4.74 Å². The lowest BCUT2D eigenvalue weighted by molar-refractivity contribution is -0.156. The molecule has 4 rings (SSSR count). The Bertz CT molecular complexity index is 893. The summed E-state index contributed by atoms with van der Waals surface area (Å²) < 4.78 is 5.35. The maximum atomic E-state index is 12.9. The van der Waals surface area contributed by atoms with Gasteiger partial charge in [-0.25, -0.2) is 4.99 Å². The van der Waals surface area contributed by atoms with Gasteiger partial charge in [0.1, 0.15) is 23.7 Å². The second-order valence-corrected chi connectivity index (χ2v) is 9.05. The van der Waals surface area contributed by atoms with Crippen molar-refractivity contribution in [2.24, 2.45) is 4.99 Å². The normalized spacial score (nSPS) is 20.1. The van der Waals surface area contributed by atoms with Crippen molar-refractivity contribution in [1.29, 1.82) is 0 Å². The predicted molar refractivity (Wildman–Crippen MR) is 114 cm³/mol. The first-order chi connectivity index (χ1) is 13.7. The maximum absolute atomic E-state index is 12.9. The summed E-state index contributed by atoms with van der Waals surface area (Å²) in [7, 11) is 0. The zero-order chi connectivity index (χ0) is 20.8. The van der Waals surface area contributed by atoms with Crippen molar-refractivity contribution in [2.45, 2.75) is 59.0 Å². The molecule has 0 spiro atoms. The van der Waals surface area contributed by atoms with E-state index in [9.17, 15) is 9.59 Å². The summed E-state index contributed by atoms with van der Waals surface area (Å²) in [6.45, 7) is 9.35. The number of amidine groups is 1. The van der Waals surface area contributed by atoms with E-state index in [2.05, 4.69) is 22.0 Å². The number of rotatable bonds is 3. The number of nitrogens with zero attached hydrogens (tertiary/aromatic N) is 3. The first-order valence-electron chi connectivity index (χ1n) is 10.4. The highest BCUT2D eigenvalue weighted by molar-refractivity contribution is 6.14. The fourth-order valence-corrected chi connectivity index (χ4v) is 4.42. The predicted octanol–water partition coefficient (Wildman–Crippen LogP) is 3.33. The SMILES string of the molecule is CC1=N/C(=C\c2cc3c4c(c2)CCCN4CCC3)C(=O)N1CC(=O)OC(C)(C)C. The van der Waals surface area contributed by atoms with Gasteiger partial charge in [0, 0.05) is 18.8 Å². The van der Waals surface area contributed by atoms with Gasteiger partial charge >= 0.3 is 5.97 Å². The maximum Gasteiger partial charge on any atom is 0.326 e. The minimum atomic E-state index is -0.581. The summed E-state index contributed by atoms with van der Waals surface area (Å²) in [4.78, 5) is 33.3. The van der Waals surface area contributed by atoms with Crippen LogP contribution >= 0.6 is 0 Å². The van der Waals surface area contributed by atoms with Crippen molar-refractivity contribution in [2.75, 3.05) is 24.5 Å². The van der Waals surface area contributed by atoms with E-state index >= 15 is 0 Å². The van der Waals surface area contributed by atoms with E-state index in [-0.39, 0.29) is 12.5 Å². The van der Waals surface area contributed by atoms with Crippen molar-refractivity contribution in [3.8, 4) is 0 Å². The van der Waals surface area contributed by atoms with Gasteiger partial charge in [0.25, 0.3) is 5.91 Å². The van der Waals surface area contributed by atoms with E-state index in [0.717, 1.165) is 31.5 Å². The number of benzene rings is 1. The van der Waals surface area contributed by atoms with E-state index in [1.807, 2.05) is 26.8 Å². The number of carbonyl (C=O) groups is 2. The molecule has 0 bridgehead atoms. The molecule has 0 atom stereocenters. The van der Waals surface area contributed by atoms with Gasteiger partial charge in [-0.3, -0.25) is 14.5 Å². The van der Waals surface area contributed by atoms with Gasteiger partial charge in [0.15, 0.2) is 0 Å². The van der Waals surface area contributed by atoms with Crippen molar-refractivity contribution in [3.05, 3.63) is 34.5 Å². The Balaban J connectivity index is 1.57. The molecule has 29 heavy (non-hydrogen) atoms. The Hall–Kier alpha value is -2.63. The molecule has 1 amide bonds. The first kappa shape index (κ1) is 19.7. The highest BCUT2D eigenvalue weighted by Gasteiger charge is 2.31. The molecule has 0 fully saturated rings. The summed E-state index contributed by atoms with van der Waals surface area (Å²) in [5, 5.41) is 0. The second kappa shape index (κ2) is 7.32. The zero-order valence-electron chi connectivity index (χ0n) is 17.7. The van der Waals surface area contributed by atoms with Crippen molar-refractivity contribution < 1.29 is 14.3 Å². The Morgan fingerprint density at radius 2 is 1.79 bits per heavy atom. The summed E-state index contributed by atoms with van der Waals surface area (Å²) in [5.74, 6) is -0.154. The molecule has 1 aromatic carbocycles. The van der Waals surface area contributed by atoms with E-state index in [0.29, 0.717) is 11.5 Å². The van der Waals surface area contributed by atoms with E-state index in [1.54, 1.807) is 6.92 Å². The minimum absolute atomic E-state index is 0.118. The molecule has 6 nitrogen and oxygen atoms in total. The number of anilines is 1. The number of amides is 1. The molecule has 3 heterocycles. The monoisotopic (exact) mass is 395 g/mol. The van der Waals surface area contributed by atoms with Crippen LogP contribution in [0.4, 0.5) is 5.69 Å². The van der Waals surface area contributed by atoms with Crippen LogP contribution in [0.1, 0.15) is 57.2 Å². The molecular weight excluding hydrogens is 366 g/mol. The summed E-state index contributed by atoms with van der Waals surface area (Å²) in [5.41, 5.74) is 4.97. The van der Waals surface area contributed by atoms with Gasteiger partial charge in [0.05, 0.1) is 0 Å². The van der Waals surface area contributed by atoms with Crippen molar-refractivity contribution >= 4 is 29.5 Å². The third-order valence-electron chi connectivity index (χ3n) is 5.50. The van der Waals surface area contributed by atoms with Crippen LogP contribution in [0.15, 0.2) is 22.8 Å². The number of aliphatic imine (C=N–C) groups is 1. The van der Waals surface area contributed by atoms with Gasteiger partial charge in [-0.15, -0.1) is 0 Å². The second-order valence-electron chi connectivity index (χ2n) is 9.05. The molecule has 0 aliphatic carbocycles. The number of hydrogen-bond acceptors (Lipinski definition) is 5. The molecule has 0 N–H and O–H groups in total. The summed E-state index contributed by atoms with van der Waals surface area (Å²) in [6, 6.07) is 4.38. The van der Waals surface area contributed by atoms with Gasteiger partial charge in [-0.2, -0.15) is 0 Å². The van der Waals surface area contributed by atoms with Crippen LogP contribution in [-0.2, 0) is 27.2 Å². The number of carbonyl (C=O) groups excluding carboxylic acids is 2. The number of hydrogen-bond donors (Lipinski definition) is 0. The standard InChI is InChI=1S/C23H29N3O3/c1-15-24-19(22(28)26(15)14-20(27)29-23(2,3)4)13-16-11-17-7-5-9-25-10-6-8-18(12-16)21(17)25/h11-13H,5-10,14H2,1-4H3/b19-13-. The van der Waals surface area contributed by atoms with Crippen LogP contribution in [0.5, 0.6) is 0 Å². The quantitative estimate of drug-likeness (QED) is 0.582. The van der Waals surface area contributed by atoms with Crippen LogP contribution in [0.3, 0.4) is 0 Å². The van der Waals surface area contributed by atoms with Crippen molar-refractivity contribution in [3.63, 3.8) is 0 Å². The molecule has 1 aromatic rings. The molecule has 154 valence electrons. The largest absolute Gasteiger partial charge is 0.459 e. The molecule has 0 saturated carbocycles. The molecular formula is C23H29N3O3. The Labute approximate surface area is 172 Å². The molecule has 0 unspecified atom stereocenters. The zero-order valence-corrected chi connectivity index (χ0v) is 17.7. The van der Waals surface area contributed by atoms with Crippen LogP contribution in [0, 0.1) is 0 Å². The number of esters is 1. The lowest BCUT2D eigenvalue weighted by atomic mass is 9.90. The van der Waals surface area contributed by atoms with Crippen LogP contribution in [0.2, 0.25) is 0 Å². The Kier molecular flexibility index (Phi) is 4.97. The Morgan fingerprint density at radius 1 is 1.17 bits per heavy atom. The number of ether oxygens (including phenoxy) is 1. The minimum Gasteiger partial charge on any atom is -0.459 e. The topological polar surface area (TPSA) is 62.2 Å². The fourth-order valence-electron chi connectivity index (χ4n) is 4.42. The van der Waals surface area contributed by atoms with Gasteiger partial charge in [-0.1, -0.05) is 0 Å². The molecule has 3 aliphatic heterocycles. The lowest BCUT2D eigenvalue weighted by Crippen LogP contribution is -2.38. The molecule has 6 heteroatoms. The van der Waals surface area contributed by atoms with Crippen molar-refractivity contribution in [1.82, 2.24) is 4.90 Å². The lowest BCUT2D eigenvalue weighted by Gasteiger charge is -2.37. The number of aryl methyl sites for hydroxylation is 2. The molecule has 3 aliphatic rings. The van der Waals surface area contributed by atoms with E-state index in [1.165, 1.54) is 34.6 Å². The average molecular weight is 396 g/mol. The van der Waals surface area contributed by atoms with Crippen LogP contribution in [-0.4, -0.2) is 47.8 Å². The van der Waals surface area contributed by atoms with Crippen LogP contribution in [0.25, 0.3) is 6.08 Å². The Morgan fingerprint density at radius 3 is 2.38 bits per heavy atom. The van der Waals surface area contributed by atoms with Gasteiger partial charge < -0.3 is 9.64 Å². The third kappa shape index (κ3) is 4.07. The highest BCUT2D eigenvalue weighted by Crippen LogP contribution is 2.36. The molecule has 0 aromatic heterocycles. The first-order valence-corrected chi connectivity index (χ1v) is 10.4. The summed E-state index contributed by atoms with van der Waals surface area (Å²) >= 11 is 0. The van der Waals surface area contributed by atoms with Gasteiger partial charge in [-0.05, 0) is 88.3 Å². The average Bonchev–Trinajstić information content (AvgIpc) is 2.88. The van der Waals surface area contributed by atoms with Crippen LogP contribution < -0.4 is 4.90 Å². The highest BCUT2D eigenvalue weighted by atomic mass is 16.6. The third-order valence-corrected chi connectivity index (χ3v) is 5.50. The summed E-state index contributed by atoms with van der Waals surface area (Å²) in [6.07, 6.45) is 6.36. The fraction of sp³-hybridized carbons (Fsp3) is 0.522. The smallest absolute Gasteiger partial charge is 0.326 e.